The van der Waals surface area contributed by atoms with Crippen molar-refractivity contribution in [2.75, 3.05) is 25.1 Å². The second-order valence-corrected chi connectivity index (χ2v) is 3.43. The van der Waals surface area contributed by atoms with E-state index in [1.54, 1.807) is 24.3 Å². The number of nitrogens with one attached hydrogen (secondary N) is 1. The highest BCUT2D eigenvalue weighted by atomic mass is 16.5. The molecule has 2 N–H and O–H groups in total. The van der Waals surface area contributed by atoms with Gasteiger partial charge >= 0.3 is 0 Å². The highest BCUT2D eigenvalue weighted by Gasteiger charge is 2.03. The van der Waals surface area contributed by atoms with Crippen LogP contribution in [0.2, 0.25) is 0 Å². The summed E-state index contributed by atoms with van der Waals surface area (Å²) in [6, 6.07) is 7.06. The minimum atomic E-state index is -0.523. The maximum absolute atomic E-state index is 10.4. The molecule has 0 aliphatic carbocycles. The first-order chi connectivity index (χ1) is 7.76. The number of aldehydes is 1. The third kappa shape index (κ3) is 4.42. The molecule has 0 bridgehead atoms. The van der Waals surface area contributed by atoms with Crippen LogP contribution in [-0.2, 0) is 4.74 Å². The highest BCUT2D eigenvalue weighted by molar-refractivity contribution is 5.75. The van der Waals surface area contributed by atoms with E-state index in [-0.39, 0.29) is 0 Å². The van der Waals surface area contributed by atoms with E-state index in [1.165, 1.54) is 0 Å². The van der Waals surface area contributed by atoms with Crippen LogP contribution in [0.15, 0.2) is 24.3 Å². The van der Waals surface area contributed by atoms with Gasteiger partial charge in [0.1, 0.15) is 6.29 Å². The quantitative estimate of drug-likeness (QED) is 0.684. The van der Waals surface area contributed by atoms with E-state index in [0.717, 1.165) is 12.0 Å². The monoisotopic (exact) mass is 223 g/mol. The molecule has 4 heteroatoms. The van der Waals surface area contributed by atoms with Gasteiger partial charge in [0.2, 0.25) is 0 Å². The Hall–Kier alpha value is -1.39. The number of benzene rings is 1. The molecule has 0 spiro atoms. The number of ether oxygens (including phenoxy) is 1. The summed E-state index contributed by atoms with van der Waals surface area (Å²) in [6.07, 6.45) is 0.277. The van der Waals surface area contributed by atoms with E-state index in [9.17, 15) is 9.90 Å². The molecule has 88 valence electrons. The van der Waals surface area contributed by atoms with E-state index in [0.29, 0.717) is 25.3 Å². The molecule has 0 aromatic heterocycles. The smallest absolute Gasteiger partial charge is 0.150 e. The number of hydrogen-bond acceptors (Lipinski definition) is 4. The van der Waals surface area contributed by atoms with Crippen LogP contribution < -0.4 is 5.32 Å². The van der Waals surface area contributed by atoms with Crippen molar-refractivity contribution < 1.29 is 14.6 Å². The summed E-state index contributed by atoms with van der Waals surface area (Å²) in [7, 11) is 0. The normalized spacial score (nSPS) is 12.1. The lowest BCUT2D eigenvalue weighted by Gasteiger charge is -2.12. The standard InChI is InChI=1S/C12H17NO3/c1-2-16-9-12(15)7-13-11-5-3-10(8-14)4-6-11/h3-6,8,12-13,15H,2,7,9H2,1H3. The first kappa shape index (κ1) is 12.7. The Balaban J connectivity index is 2.33. The maximum Gasteiger partial charge on any atom is 0.150 e. The Labute approximate surface area is 95.2 Å². The fourth-order valence-corrected chi connectivity index (χ4v) is 1.23. The Morgan fingerprint density at radius 3 is 2.69 bits per heavy atom. The van der Waals surface area contributed by atoms with Gasteiger partial charge in [0.05, 0.1) is 12.7 Å². The molecular formula is C12H17NO3. The molecule has 0 radical (unpaired) electrons. The van der Waals surface area contributed by atoms with Crippen molar-refractivity contribution >= 4 is 12.0 Å². The van der Waals surface area contributed by atoms with Crippen LogP contribution >= 0.6 is 0 Å². The van der Waals surface area contributed by atoms with Gasteiger partial charge in [-0.15, -0.1) is 0 Å². The second kappa shape index (κ2) is 6.98. The summed E-state index contributed by atoms with van der Waals surface area (Å²) < 4.78 is 5.08. The van der Waals surface area contributed by atoms with Crippen LogP contribution in [0, 0.1) is 0 Å². The molecule has 0 fully saturated rings. The molecule has 0 aliphatic heterocycles. The lowest BCUT2D eigenvalue weighted by atomic mass is 10.2. The lowest BCUT2D eigenvalue weighted by Crippen LogP contribution is -2.24. The summed E-state index contributed by atoms with van der Waals surface area (Å²) in [4.78, 5) is 10.4. The van der Waals surface area contributed by atoms with Crippen LogP contribution in [0.4, 0.5) is 5.69 Å². The van der Waals surface area contributed by atoms with Gasteiger partial charge < -0.3 is 15.2 Å². The Morgan fingerprint density at radius 2 is 2.12 bits per heavy atom. The van der Waals surface area contributed by atoms with Crippen LogP contribution in [0.5, 0.6) is 0 Å². The highest BCUT2D eigenvalue weighted by Crippen LogP contribution is 2.07. The van der Waals surface area contributed by atoms with Gasteiger partial charge in [-0.1, -0.05) is 0 Å². The first-order valence-electron chi connectivity index (χ1n) is 5.31. The topological polar surface area (TPSA) is 58.6 Å². The number of aliphatic hydroxyl groups is 1. The van der Waals surface area contributed by atoms with Gasteiger partial charge in [0.15, 0.2) is 0 Å². The Kier molecular flexibility index (Phi) is 5.53. The van der Waals surface area contributed by atoms with E-state index in [2.05, 4.69) is 5.32 Å². The average molecular weight is 223 g/mol. The van der Waals surface area contributed by atoms with Crippen molar-refractivity contribution in [3.8, 4) is 0 Å². The fraction of sp³-hybridized carbons (Fsp3) is 0.417. The van der Waals surface area contributed by atoms with Crippen LogP contribution in [0.25, 0.3) is 0 Å². The van der Waals surface area contributed by atoms with Crippen molar-refractivity contribution in [2.45, 2.75) is 13.0 Å². The zero-order chi connectivity index (χ0) is 11.8. The summed E-state index contributed by atoms with van der Waals surface area (Å²) in [5, 5.41) is 12.6. The van der Waals surface area contributed by atoms with Gasteiger partial charge in [-0.25, -0.2) is 0 Å². The minimum Gasteiger partial charge on any atom is -0.389 e. The predicted octanol–water partition coefficient (Wildman–Crippen LogP) is 1.31. The second-order valence-electron chi connectivity index (χ2n) is 3.43. The van der Waals surface area contributed by atoms with Gasteiger partial charge in [-0.3, -0.25) is 4.79 Å². The molecule has 1 atom stereocenters. The molecule has 1 rings (SSSR count). The molecule has 1 aromatic rings. The van der Waals surface area contributed by atoms with Gasteiger partial charge in [-0.2, -0.15) is 0 Å². The van der Waals surface area contributed by atoms with Crippen LogP contribution in [0.1, 0.15) is 17.3 Å². The van der Waals surface area contributed by atoms with E-state index < -0.39 is 6.10 Å². The molecular weight excluding hydrogens is 206 g/mol. The van der Waals surface area contributed by atoms with Crippen molar-refractivity contribution in [1.29, 1.82) is 0 Å². The summed E-state index contributed by atoms with van der Waals surface area (Å²) in [5.41, 5.74) is 1.52. The van der Waals surface area contributed by atoms with E-state index in [4.69, 9.17) is 4.74 Å². The number of hydrogen-bond donors (Lipinski definition) is 2. The average Bonchev–Trinajstić information content (AvgIpc) is 2.34. The molecule has 4 nitrogen and oxygen atoms in total. The number of carbonyl (C=O) groups is 1. The summed E-state index contributed by atoms with van der Waals surface area (Å²) >= 11 is 0. The fourth-order valence-electron chi connectivity index (χ4n) is 1.23. The number of aliphatic hydroxyl groups excluding tert-OH is 1. The van der Waals surface area contributed by atoms with Gasteiger partial charge in [0.25, 0.3) is 0 Å². The Bertz CT molecular complexity index is 311. The third-order valence-electron chi connectivity index (χ3n) is 2.10. The van der Waals surface area contributed by atoms with Crippen LogP contribution in [0.3, 0.4) is 0 Å². The molecule has 1 unspecified atom stereocenters. The SMILES string of the molecule is CCOCC(O)CNc1ccc(C=O)cc1. The van der Waals surface area contributed by atoms with Crippen molar-refractivity contribution in [3.63, 3.8) is 0 Å². The molecule has 0 amide bonds. The number of anilines is 1. The first-order valence-corrected chi connectivity index (χ1v) is 5.31. The molecule has 16 heavy (non-hydrogen) atoms. The third-order valence-corrected chi connectivity index (χ3v) is 2.10. The number of rotatable bonds is 7. The molecule has 0 saturated carbocycles. The van der Waals surface area contributed by atoms with E-state index in [1.807, 2.05) is 6.92 Å². The Morgan fingerprint density at radius 1 is 1.44 bits per heavy atom. The largest absolute Gasteiger partial charge is 0.389 e. The molecule has 0 aliphatic rings. The van der Waals surface area contributed by atoms with Crippen LogP contribution in [-0.4, -0.2) is 37.3 Å². The molecule has 1 aromatic carbocycles. The number of carbonyl (C=O) groups excluding carboxylic acids is 1. The predicted molar refractivity (Wildman–Crippen MR) is 62.8 cm³/mol. The van der Waals surface area contributed by atoms with E-state index >= 15 is 0 Å². The zero-order valence-electron chi connectivity index (χ0n) is 9.35. The van der Waals surface area contributed by atoms with Crippen molar-refractivity contribution in [2.24, 2.45) is 0 Å². The summed E-state index contributed by atoms with van der Waals surface area (Å²) in [6.45, 7) is 3.25. The molecule has 0 heterocycles. The maximum atomic E-state index is 10.4. The zero-order valence-corrected chi connectivity index (χ0v) is 9.35. The summed E-state index contributed by atoms with van der Waals surface area (Å²) in [5.74, 6) is 0. The van der Waals surface area contributed by atoms with Crippen molar-refractivity contribution in [1.82, 2.24) is 0 Å². The van der Waals surface area contributed by atoms with Gasteiger partial charge in [0, 0.05) is 24.4 Å². The molecule has 0 saturated heterocycles. The van der Waals surface area contributed by atoms with Gasteiger partial charge in [-0.05, 0) is 31.2 Å². The lowest BCUT2D eigenvalue weighted by molar-refractivity contribution is 0.0496. The minimum absolute atomic E-state index is 0.329. The van der Waals surface area contributed by atoms with Crippen molar-refractivity contribution in [3.05, 3.63) is 29.8 Å².